The Kier molecular flexibility index (Phi) is 7.52. The molecule has 3 aromatic rings. The molecule has 4 rings (SSSR count). The van der Waals surface area contributed by atoms with Gasteiger partial charge in [-0.05, 0) is 30.3 Å². The number of cyclic esters (lactones) is 1. The van der Waals surface area contributed by atoms with Crippen LogP contribution in [0.5, 0.6) is 0 Å². The standard InChI is InChI=1S/C13H12N2O.C8H7N3O5/c16-13(14-11-7-3-1-4-8-11)15-12-9-5-2-6-10-12;12-8-10(3-4-15-8)9-5-6-1-2-7(16-6)11(13)14/h1-10H,(H2,14,15,16);1-2,5H,3-4H2. The maximum atomic E-state index is 11.6. The quantitative estimate of drug-likeness (QED) is 0.346. The minimum Gasteiger partial charge on any atom is -0.446 e. The molecule has 32 heavy (non-hydrogen) atoms. The van der Waals surface area contributed by atoms with Crippen LogP contribution in [0, 0.1) is 10.1 Å². The van der Waals surface area contributed by atoms with E-state index in [2.05, 4.69) is 20.5 Å². The van der Waals surface area contributed by atoms with Crippen LogP contribution < -0.4 is 10.6 Å². The number of amides is 3. The van der Waals surface area contributed by atoms with Gasteiger partial charge in [-0.15, -0.1) is 0 Å². The molecule has 2 aromatic carbocycles. The normalized spacial score (nSPS) is 12.6. The van der Waals surface area contributed by atoms with Crippen LogP contribution in [0.25, 0.3) is 0 Å². The Morgan fingerprint density at radius 3 is 2.06 bits per heavy atom. The first-order valence-corrected chi connectivity index (χ1v) is 9.42. The van der Waals surface area contributed by atoms with E-state index in [0.717, 1.165) is 16.4 Å². The maximum absolute atomic E-state index is 11.6. The van der Waals surface area contributed by atoms with Crippen LogP contribution >= 0.6 is 0 Å². The van der Waals surface area contributed by atoms with Gasteiger partial charge < -0.3 is 19.8 Å². The van der Waals surface area contributed by atoms with Gasteiger partial charge in [-0.3, -0.25) is 10.1 Å². The number of nitro groups is 1. The predicted molar refractivity (Wildman–Crippen MR) is 117 cm³/mol. The van der Waals surface area contributed by atoms with Crippen molar-refractivity contribution >= 4 is 35.6 Å². The summed E-state index contributed by atoms with van der Waals surface area (Å²) >= 11 is 0. The molecule has 1 aliphatic rings. The molecule has 0 saturated carbocycles. The number of benzene rings is 2. The highest BCUT2D eigenvalue weighted by Crippen LogP contribution is 2.14. The molecule has 0 radical (unpaired) electrons. The second-order valence-corrected chi connectivity index (χ2v) is 6.23. The summed E-state index contributed by atoms with van der Waals surface area (Å²) in [5.41, 5.74) is 1.55. The topological polar surface area (TPSA) is 139 Å². The van der Waals surface area contributed by atoms with Crippen molar-refractivity contribution in [3.8, 4) is 0 Å². The maximum Gasteiger partial charge on any atom is 0.433 e. The average molecular weight is 437 g/mol. The van der Waals surface area contributed by atoms with E-state index in [0.29, 0.717) is 6.54 Å². The van der Waals surface area contributed by atoms with Gasteiger partial charge in [-0.2, -0.15) is 10.1 Å². The molecule has 0 aliphatic carbocycles. The number of anilines is 2. The molecule has 0 spiro atoms. The molecule has 1 fully saturated rings. The fourth-order valence-electron chi connectivity index (χ4n) is 2.46. The SMILES string of the molecule is O=C(Nc1ccccc1)Nc1ccccc1.O=C1OCCN1N=Cc1ccc([N+](=O)[O-])o1. The number of hydrogen-bond acceptors (Lipinski definition) is 7. The monoisotopic (exact) mass is 437 g/mol. The number of nitrogens with one attached hydrogen (secondary N) is 2. The van der Waals surface area contributed by atoms with Gasteiger partial charge in [0, 0.05) is 11.4 Å². The Balaban J connectivity index is 0.000000181. The van der Waals surface area contributed by atoms with Crippen LogP contribution in [0.4, 0.5) is 26.8 Å². The molecule has 2 heterocycles. The second kappa shape index (κ2) is 10.9. The van der Waals surface area contributed by atoms with E-state index in [9.17, 15) is 19.7 Å². The van der Waals surface area contributed by atoms with Crippen molar-refractivity contribution in [3.63, 3.8) is 0 Å². The highest BCUT2D eigenvalue weighted by molar-refractivity contribution is 5.99. The molecule has 0 bridgehead atoms. The third kappa shape index (κ3) is 6.69. The van der Waals surface area contributed by atoms with Gasteiger partial charge in [0.1, 0.15) is 11.5 Å². The third-order valence-corrected chi connectivity index (χ3v) is 3.92. The van der Waals surface area contributed by atoms with Crippen LogP contribution in [0.1, 0.15) is 5.76 Å². The molecule has 164 valence electrons. The van der Waals surface area contributed by atoms with Gasteiger partial charge in [-0.25, -0.2) is 9.59 Å². The fourth-order valence-corrected chi connectivity index (χ4v) is 2.46. The zero-order valence-corrected chi connectivity index (χ0v) is 16.7. The largest absolute Gasteiger partial charge is 0.446 e. The van der Waals surface area contributed by atoms with Crippen molar-refractivity contribution in [1.82, 2.24) is 5.01 Å². The summed E-state index contributed by atoms with van der Waals surface area (Å²) in [5, 5.41) is 20.7. The van der Waals surface area contributed by atoms with Gasteiger partial charge in [0.25, 0.3) is 0 Å². The third-order valence-electron chi connectivity index (χ3n) is 3.92. The molecule has 0 atom stereocenters. The van der Waals surface area contributed by atoms with Gasteiger partial charge in [0.2, 0.25) is 0 Å². The lowest BCUT2D eigenvalue weighted by Gasteiger charge is -2.06. The van der Waals surface area contributed by atoms with Crippen LogP contribution in [0.3, 0.4) is 0 Å². The molecular formula is C21H19N5O6. The predicted octanol–water partition coefficient (Wildman–Crippen LogP) is 4.30. The number of hydrazone groups is 1. The number of urea groups is 1. The zero-order chi connectivity index (χ0) is 22.8. The van der Waals surface area contributed by atoms with Crippen molar-refractivity contribution < 1.29 is 23.7 Å². The Labute approximate surface area is 182 Å². The summed E-state index contributed by atoms with van der Waals surface area (Å²) in [4.78, 5) is 32.2. The lowest BCUT2D eigenvalue weighted by molar-refractivity contribution is -0.402. The minimum absolute atomic E-state index is 0.200. The highest BCUT2D eigenvalue weighted by Gasteiger charge is 2.21. The van der Waals surface area contributed by atoms with Crippen molar-refractivity contribution in [2.75, 3.05) is 23.8 Å². The zero-order valence-electron chi connectivity index (χ0n) is 16.7. The lowest BCUT2D eigenvalue weighted by atomic mass is 10.3. The Morgan fingerprint density at radius 2 is 1.59 bits per heavy atom. The summed E-state index contributed by atoms with van der Waals surface area (Å²) in [6.45, 7) is 0.645. The molecule has 2 N–H and O–H groups in total. The molecule has 3 amide bonds. The van der Waals surface area contributed by atoms with Crippen LogP contribution in [0.15, 0.2) is 82.3 Å². The van der Waals surface area contributed by atoms with Crippen LogP contribution in [-0.4, -0.2) is 41.4 Å². The van der Waals surface area contributed by atoms with E-state index in [1.807, 2.05) is 60.7 Å². The molecule has 1 aromatic heterocycles. The first-order chi connectivity index (χ1) is 15.5. The van der Waals surface area contributed by atoms with Gasteiger partial charge in [-0.1, -0.05) is 36.4 Å². The Morgan fingerprint density at radius 1 is 1.00 bits per heavy atom. The van der Waals surface area contributed by atoms with E-state index >= 15 is 0 Å². The average Bonchev–Trinajstić information content (AvgIpc) is 3.43. The Bertz CT molecular complexity index is 1040. The Hall–Kier alpha value is -4.67. The number of ether oxygens (including phenoxy) is 1. The fraction of sp³-hybridized carbons (Fsp3) is 0.0952. The second-order valence-electron chi connectivity index (χ2n) is 6.23. The summed E-state index contributed by atoms with van der Waals surface area (Å²) in [6.07, 6.45) is 0.678. The van der Waals surface area contributed by atoms with Crippen LogP contribution in [-0.2, 0) is 4.74 Å². The molecule has 0 unspecified atom stereocenters. The van der Waals surface area contributed by atoms with E-state index in [1.165, 1.54) is 18.3 Å². The smallest absolute Gasteiger partial charge is 0.433 e. The van der Waals surface area contributed by atoms with E-state index < -0.39 is 11.0 Å². The summed E-state index contributed by atoms with van der Waals surface area (Å²) < 4.78 is 9.44. The number of carbonyl (C=O) groups is 2. The van der Waals surface area contributed by atoms with Gasteiger partial charge in [0.15, 0.2) is 5.76 Å². The minimum atomic E-state index is -0.651. The number of carbonyl (C=O) groups excluding carboxylic acids is 2. The number of hydrogen-bond donors (Lipinski definition) is 2. The molecule has 1 aliphatic heterocycles. The van der Waals surface area contributed by atoms with E-state index in [1.54, 1.807) is 0 Å². The summed E-state index contributed by atoms with van der Waals surface area (Å²) in [6, 6.07) is 21.0. The van der Waals surface area contributed by atoms with Crippen LogP contribution in [0.2, 0.25) is 0 Å². The first-order valence-electron chi connectivity index (χ1n) is 9.42. The van der Waals surface area contributed by atoms with Crippen molar-refractivity contribution in [2.45, 2.75) is 0 Å². The molecule has 1 saturated heterocycles. The summed E-state index contributed by atoms with van der Waals surface area (Å²) in [7, 11) is 0. The van der Waals surface area contributed by atoms with Crippen molar-refractivity contribution in [1.29, 1.82) is 0 Å². The lowest BCUT2D eigenvalue weighted by Crippen LogP contribution is -2.19. The number of rotatable bonds is 5. The van der Waals surface area contributed by atoms with E-state index in [4.69, 9.17) is 4.42 Å². The molecule has 11 heteroatoms. The highest BCUT2D eigenvalue weighted by atomic mass is 16.6. The first kappa shape index (κ1) is 22.0. The number of nitrogens with zero attached hydrogens (tertiary/aromatic N) is 3. The number of para-hydroxylation sites is 2. The van der Waals surface area contributed by atoms with Gasteiger partial charge in [0.05, 0.1) is 18.8 Å². The number of furan rings is 1. The van der Waals surface area contributed by atoms with Crippen molar-refractivity contribution in [3.05, 3.63) is 88.7 Å². The van der Waals surface area contributed by atoms with E-state index in [-0.39, 0.29) is 24.3 Å². The van der Waals surface area contributed by atoms with Crippen molar-refractivity contribution in [2.24, 2.45) is 5.10 Å². The molecule has 11 nitrogen and oxygen atoms in total. The summed E-state index contributed by atoms with van der Waals surface area (Å²) in [5.74, 6) is -0.170. The molecular weight excluding hydrogens is 418 g/mol. The van der Waals surface area contributed by atoms with Gasteiger partial charge >= 0.3 is 18.0 Å².